The average Bonchev–Trinajstić information content (AvgIpc) is 2.67. The Morgan fingerprint density at radius 3 is 2.26 bits per heavy atom. The summed E-state index contributed by atoms with van der Waals surface area (Å²) in [6.07, 6.45) is 2.94. The molecule has 1 heterocycles. The van der Waals surface area contributed by atoms with E-state index in [1.54, 1.807) is 18.2 Å². The maximum Gasteiger partial charge on any atom is 0.276 e. The molecular weight excluding hydrogens is 357 g/mol. The first-order valence-corrected chi connectivity index (χ1v) is 8.09. The quantitative estimate of drug-likeness (QED) is 0.691. The molecule has 27 heavy (non-hydrogen) atoms. The van der Waals surface area contributed by atoms with Gasteiger partial charge in [0, 0.05) is 6.54 Å². The summed E-state index contributed by atoms with van der Waals surface area (Å²) in [4.78, 5) is 20.0. The van der Waals surface area contributed by atoms with Crippen molar-refractivity contribution in [1.29, 1.82) is 0 Å². The molecule has 138 valence electrons. The van der Waals surface area contributed by atoms with Crippen molar-refractivity contribution in [3.8, 4) is 0 Å². The van der Waals surface area contributed by atoms with Crippen LogP contribution in [0.15, 0.2) is 54.9 Å². The van der Waals surface area contributed by atoms with Gasteiger partial charge in [-0.3, -0.25) is 4.79 Å². The van der Waals surface area contributed by atoms with E-state index < -0.39 is 23.2 Å². The van der Waals surface area contributed by atoms with E-state index in [4.69, 9.17) is 0 Å². The number of para-hydroxylation sites is 1. The van der Waals surface area contributed by atoms with E-state index in [9.17, 15) is 18.0 Å². The molecule has 3 aromatic rings. The van der Waals surface area contributed by atoms with Gasteiger partial charge < -0.3 is 10.6 Å². The average molecular weight is 372 g/mol. The highest BCUT2D eigenvalue weighted by Crippen LogP contribution is 2.18. The molecule has 0 saturated heterocycles. The minimum absolute atomic E-state index is 0.0997. The molecule has 8 heteroatoms. The van der Waals surface area contributed by atoms with E-state index in [1.165, 1.54) is 24.5 Å². The van der Waals surface area contributed by atoms with Crippen molar-refractivity contribution in [2.75, 3.05) is 17.2 Å². The molecule has 2 N–H and O–H groups in total. The minimum Gasteiger partial charge on any atom is -0.368 e. The second kappa shape index (κ2) is 8.31. The zero-order chi connectivity index (χ0) is 19.2. The fourth-order valence-electron chi connectivity index (χ4n) is 2.36. The number of benzene rings is 2. The molecule has 0 aliphatic carbocycles. The number of hydrogen-bond donors (Lipinski definition) is 2. The Bertz CT molecular complexity index is 928. The number of carbonyl (C=O) groups is 1. The van der Waals surface area contributed by atoms with Crippen molar-refractivity contribution in [3.63, 3.8) is 0 Å². The summed E-state index contributed by atoms with van der Waals surface area (Å²) in [6, 6.07) is 9.72. The first-order chi connectivity index (χ1) is 13.0. The lowest BCUT2D eigenvalue weighted by Gasteiger charge is -2.08. The van der Waals surface area contributed by atoms with Crippen LogP contribution < -0.4 is 10.6 Å². The van der Waals surface area contributed by atoms with Crippen LogP contribution in [-0.4, -0.2) is 22.4 Å². The van der Waals surface area contributed by atoms with Gasteiger partial charge in [0.2, 0.25) is 0 Å². The van der Waals surface area contributed by atoms with E-state index in [-0.39, 0.29) is 11.5 Å². The predicted octanol–water partition coefficient (Wildman–Crippen LogP) is 3.80. The van der Waals surface area contributed by atoms with E-state index in [2.05, 4.69) is 20.6 Å². The van der Waals surface area contributed by atoms with Gasteiger partial charge in [0.05, 0.1) is 12.4 Å². The molecule has 0 aliphatic rings. The lowest BCUT2D eigenvalue weighted by Crippen LogP contribution is -2.16. The minimum atomic E-state index is -0.886. The van der Waals surface area contributed by atoms with Gasteiger partial charge in [0.25, 0.3) is 5.91 Å². The summed E-state index contributed by atoms with van der Waals surface area (Å²) in [5.41, 5.74) is -0.0745. The number of nitrogens with one attached hydrogen (secondary N) is 2. The summed E-state index contributed by atoms with van der Waals surface area (Å²) in [5, 5.41) is 5.09. The topological polar surface area (TPSA) is 66.9 Å². The number of amides is 1. The van der Waals surface area contributed by atoms with E-state index in [0.717, 1.165) is 12.1 Å². The number of halogens is 3. The number of rotatable bonds is 6. The van der Waals surface area contributed by atoms with Crippen molar-refractivity contribution in [3.05, 3.63) is 83.6 Å². The predicted molar refractivity (Wildman–Crippen MR) is 94.9 cm³/mol. The van der Waals surface area contributed by atoms with Gasteiger partial charge in [0.1, 0.15) is 34.7 Å². The monoisotopic (exact) mass is 372 g/mol. The van der Waals surface area contributed by atoms with Crippen molar-refractivity contribution in [2.45, 2.75) is 6.42 Å². The third kappa shape index (κ3) is 4.60. The van der Waals surface area contributed by atoms with Crippen molar-refractivity contribution < 1.29 is 18.0 Å². The third-order valence-electron chi connectivity index (χ3n) is 3.74. The van der Waals surface area contributed by atoms with Crippen LogP contribution in [0.25, 0.3) is 0 Å². The van der Waals surface area contributed by atoms with E-state index in [1.807, 2.05) is 0 Å². The highest BCUT2D eigenvalue weighted by molar-refractivity contribution is 6.02. The molecule has 0 radical (unpaired) electrons. The van der Waals surface area contributed by atoms with Gasteiger partial charge >= 0.3 is 0 Å². The SMILES string of the molecule is O=C(Nc1c(F)cccc1F)c1cnc(NCCc2ccccc2F)cn1. The highest BCUT2D eigenvalue weighted by Gasteiger charge is 2.14. The Hall–Kier alpha value is -3.42. The largest absolute Gasteiger partial charge is 0.368 e. The van der Waals surface area contributed by atoms with Crippen LogP contribution in [0, 0.1) is 17.5 Å². The third-order valence-corrected chi connectivity index (χ3v) is 3.74. The van der Waals surface area contributed by atoms with Gasteiger partial charge in [-0.25, -0.2) is 23.1 Å². The van der Waals surface area contributed by atoms with Gasteiger partial charge in [-0.05, 0) is 30.2 Å². The molecule has 0 spiro atoms. The second-order valence-corrected chi connectivity index (χ2v) is 5.61. The maximum atomic E-state index is 13.6. The van der Waals surface area contributed by atoms with Crippen LogP contribution in [0.4, 0.5) is 24.7 Å². The number of aromatic nitrogens is 2. The van der Waals surface area contributed by atoms with Crippen LogP contribution >= 0.6 is 0 Å². The fraction of sp³-hybridized carbons (Fsp3) is 0.105. The molecule has 0 aliphatic heterocycles. The lowest BCUT2D eigenvalue weighted by molar-refractivity contribution is 0.102. The molecule has 1 aromatic heterocycles. The Morgan fingerprint density at radius 1 is 0.889 bits per heavy atom. The first kappa shape index (κ1) is 18.4. The molecule has 0 bridgehead atoms. The van der Waals surface area contributed by atoms with Gasteiger partial charge in [-0.1, -0.05) is 24.3 Å². The van der Waals surface area contributed by atoms with Crippen LogP contribution in [0.5, 0.6) is 0 Å². The van der Waals surface area contributed by atoms with Crippen molar-refractivity contribution in [2.24, 2.45) is 0 Å². The molecule has 0 atom stereocenters. The molecule has 1 amide bonds. The van der Waals surface area contributed by atoms with E-state index in [0.29, 0.717) is 24.3 Å². The maximum absolute atomic E-state index is 13.6. The molecule has 0 unspecified atom stereocenters. The number of carbonyl (C=O) groups excluding carboxylic acids is 1. The summed E-state index contributed by atoms with van der Waals surface area (Å²) in [7, 11) is 0. The van der Waals surface area contributed by atoms with Gasteiger partial charge in [-0.2, -0.15) is 0 Å². The summed E-state index contributed by atoms with van der Waals surface area (Å²) in [5.74, 6) is -2.45. The Labute approximate surface area is 153 Å². The van der Waals surface area contributed by atoms with Gasteiger partial charge in [-0.15, -0.1) is 0 Å². The Balaban J connectivity index is 1.58. The van der Waals surface area contributed by atoms with Crippen molar-refractivity contribution in [1.82, 2.24) is 9.97 Å². The zero-order valence-electron chi connectivity index (χ0n) is 14.0. The highest BCUT2D eigenvalue weighted by atomic mass is 19.1. The number of anilines is 2. The second-order valence-electron chi connectivity index (χ2n) is 5.61. The lowest BCUT2D eigenvalue weighted by atomic mass is 10.1. The molecule has 3 rings (SSSR count). The summed E-state index contributed by atoms with van der Waals surface area (Å²) in [6.45, 7) is 0.418. The smallest absolute Gasteiger partial charge is 0.276 e. The van der Waals surface area contributed by atoms with Crippen LogP contribution in [-0.2, 0) is 6.42 Å². The Morgan fingerprint density at radius 2 is 1.59 bits per heavy atom. The van der Waals surface area contributed by atoms with E-state index >= 15 is 0 Å². The molecule has 0 fully saturated rings. The molecule has 2 aromatic carbocycles. The van der Waals surface area contributed by atoms with Crippen molar-refractivity contribution >= 4 is 17.4 Å². The molecule has 0 saturated carbocycles. The number of hydrogen-bond acceptors (Lipinski definition) is 4. The normalized spacial score (nSPS) is 10.5. The Kier molecular flexibility index (Phi) is 5.65. The number of nitrogens with zero attached hydrogens (tertiary/aromatic N) is 2. The summed E-state index contributed by atoms with van der Waals surface area (Å²) < 4.78 is 40.7. The zero-order valence-corrected chi connectivity index (χ0v) is 14.0. The van der Waals surface area contributed by atoms with Gasteiger partial charge in [0.15, 0.2) is 0 Å². The van der Waals surface area contributed by atoms with Crippen LogP contribution in [0.3, 0.4) is 0 Å². The summed E-state index contributed by atoms with van der Waals surface area (Å²) >= 11 is 0. The standard InChI is InChI=1S/C19H15F3N4O/c20-13-5-2-1-4-12(13)8-9-23-17-11-24-16(10-25-17)19(27)26-18-14(21)6-3-7-15(18)22/h1-7,10-11H,8-9H2,(H,23,25)(H,26,27). The van der Waals surface area contributed by atoms with Crippen LogP contribution in [0.2, 0.25) is 0 Å². The molecule has 5 nitrogen and oxygen atoms in total. The first-order valence-electron chi connectivity index (χ1n) is 8.09. The molecular formula is C19H15F3N4O. The van der Waals surface area contributed by atoms with Crippen LogP contribution in [0.1, 0.15) is 16.1 Å². The fourth-order valence-corrected chi connectivity index (χ4v) is 2.36.